The fraction of sp³-hybridized carbons (Fsp3) is 0.0952. The zero-order valence-corrected chi connectivity index (χ0v) is 15.4. The number of carbonyl (C=O) groups excluding carboxylic acids is 1. The summed E-state index contributed by atoms with van der Waals surface area (Å²) < 4.78 is 7.52. The number of nitrogens with one attached hydrogen (secondary N) is 1. The quantitative estimate of drug-likeness (QED) is 0.347. The van der Waals surface area contributed by atoms with Crippen molar-refractivity contribution in [3.8, 4) is 5.75 Å². The van der Waals surface area contributed by atoms with Crippen molar-refractivity contribution in [1.29, 1.82) is 0 Å². The molecule has 0 aliphatic rings. The van der Waals surface area contributed by atoms with Crippen LogP contribution in [0.25, 0.3) is 0 Å². The molecule has 2 aromatic carbocycles. The average Bonchev–Trinajstić information content (AvgIpc) is 2.69. The summed E-state index contributed by atoms with van der Waals surface area (Å²) in [7, 11) is 0. The summed E-state index contributed by atoms with van der Waals surface area (Å²) in [4.78, 5) is 11.8. The van der Waals surface area contributed by atoms with Gasteiger partial charge in [0.2, 0.25) is 6.54 Å². The number of hydrazone groups is 1. The normalized spacial score (nSPS) is 10.2. The predicted octanol–water partition coefficient (Wildman–Crippen LogP) is -0.293. The van der Waals surface area contributed by atoms with Crippen molar-refractivity contribution in [3.05, 3.63) is 96.3 Å². The third-order valence-corrected chi connectivity index (χ3v) is 3.63. The molecular weight excluding hydrogens is 362 g/mol. The lowest BCUT2D eigenvalue weighted by atomic mass is 10.2. The van der Waals surface area contributed by atoms with Gasteiger partial charge in [-0.25, -0.2) is 5.43 Å². The molecule has 0 aliphatic heterocycles. The maximum atomic E-state index is 11.8. The van der Waals surface area contributed by atoms with Crippen LogP contribution in [-0.2, 0) is 17.9 Å². The first-order valence-corrected chi connectivity index (χ1v) is 8.32. The molecule has 5 nitrogen and oxygen atoms in total. The van der Waals surface area contributed by atoms with E-state index < -0.39 is 0 Å². The van der Waals surface area contributed by atoms with Gasteiger partial charge in [-0.3, -0.25) is 4.79 Å². The molecule has 6 heteroatoms. The summed E-state index contributed by atoms with van der Waals surface area (Å²) in [6, 6.07) is 23.2. The molecule has 0 aliphatic carbocycles. The van der Waals surface area contributed by atoms with Crippen LogP contribution in [-0.4, -0.2) is 12.1 Å². The molecule has 0 fully saturated rings. The van der Waals surface area contributed by atoms with E-state index in [2.05, 4.69) is 10.5 Å². The standard InChI is InChI=1S/C21H19N3O2.ClH/c25-21(16-24-13-5-2-6-14-24)23-22-15-18-9-11-20(12-10-18)26-17-19-7-3-1-4-8-19;/h1-15H,16-17H2;1H/b22-15+;. The molecule has 1 aromatic heterocycles. The Hall–Kier alpha value is -3.18. The first-order valence-electron chi connectivity index (χ1n) is 8.32. The number of amides is 1. The second kappa shape index (κ2) is 10.7. The highest BCUT2D eigenvalue weighted by molar-refractivity contribution is 5.82. The summed E-state index contributed by atoms with van der Waals surface area (Å²) in [5, 5.41) is 3.98. The number of halogens is 1. The summed E-state index contributed by atoms with van der Waals surface area (Å²) >= 11 is 0. The number of rotatable bonds is 7. The van der Waals surface area contributed by atoms with Gasteiger partial charge >= 0.3 is 5.91 Å². The van der Waals surface area contributed by atoms with E-state index in [4.69, 9.17) is 4.74 Å². The molecule has 1 N–H and O–H groups in total. The van der Waals surface area contributed by atoms with Crippen LogP contribution in [0.2, 0.25) is 0 Å². The van der Waals surface area contributed by atoms with Crippen molar-refractivity contribution in [2.45, 2.75) is 13.2 Å². The molecule has 138 valence electrons. The minimum absolute atomic E-state index is 0. The Labute approximate surface area is 164 Å². The molecule has 1 heterocycles. The average molecular weight is 382 g/mol. The van der Waals surface area contributed by atoms with Crippen LogP contribution in [0.5, 0.6) is 5.75 Å². The van der Waals surface area contributed by atoms with Gasteiger partial charge in [0, 0.05) is 12.1 Å². The second-order valence-electron chi connectivity index (χ2n) is 5.68. The van der Waals surface area contributed by atoms with Crippen molar-refractivity contribution >= 4 is 12.1 Å². The highest BCUT2D eigenvalue weighted by Crippen LogP contribution is 2.13. The van der Waals surface area contributed by atoms with Gasteiger partial charge in [0.05, 0.1) is 6.21 Å². The summed E-state index contributed by atoms with van der Waals surface area (Å²) in [5.41, 5.74) is 4.52. The molecule has 0 saturated carbocycles. The van der Waals surface area contributed by atoms with Crippen LogP contribution in [0.4, 0.5) is 0 Å². The zero-order chi connectivity index (χ0) is 18.0. The Morgan fingerprint density at radius 3 is 2.33 bits per heavy atom. The number of carbonyl (C=O) groups is 1. The maximum Gasteiger partial charge on any atom is 0.305 e. The summed E-state index contributed by atoms with van der Waals surface area (Å²) in [6.07, 6.45) is 5.27. The molecule has 0 spiro atoms. The highest BCUT2D eigenvalue weighted by atomic mass is 35.5. The van der Waals surface area contributed by atoms with Crippen molar-refractivity contribution in [1.82, 2.24) is 5.43 Å². The number of hydrogen-bond donors (Lipinski definition) is 1. The SMILES string of the molecule is O=C(C[n+]1ccccc1)N/N=C/c1ccc(OCc2ccccc2)cc1.[Cl-]. The Kier molecular flexibility index (Phi) is 8.00. The topological polar surface area (TPSA) is 54.6 Å². The van der Waals surface area contributed by atoms with E-state index in [0.717, 1.165) is 16.9 Å². The van der Waals surface area contributed by atoms with E-state index in [9.17, 15) is 4.79 Å². The van der Waals surface area contributed by atoms with Gasteiger partial charge < -0.3 is 17.1 Å². The van der Waals surface area contributed by atoms with E-state index in [1.54, 1.807) is 10.8 Å². The smallest absolute Gasteiger partial charge is 0.305 e. The number of ether oxygens (including phenoxy) is 1. The molecule has 3 aromatic rings. The van der Waals surface area contributed by atoms with Crippen LogP contribution in [0.15, 0.2) is 90.3 Å². The van der Waals surface area contributed by atoms with Gasteiger partial charge in [0.15, 0.2) is 12.4 Å². The molecule has 0 unspecified atom stereocenters. The number of benzene rings is 2. The molecule has 3 rings (SSSR count). The molecular formula is C21H20ClN3O2. The fourth-order valence-electron chi connectivity index (χ4n) is 2.31. The molecule has 0 radical (unpaired) electrons. The summed E-state index contributed by atoms with van der Waals surface area (Å²) in [6.45, 7) is 0.756. The Morgan fingerprint density at radius 1 is 0.963 bits per heavy atom. The third-order valence-electron chi connectivity index (χ3n) is 3.63. The monoisotopic (exact) mass is 381 g/mol. The third kappa shape index (κ3) is 6.92. The lowest BCUT2D eigenvalue weighted by molar-refractivity contribution is -0.684. The van der Waals surface area contributed by atoms with Gasteiger partial charge in [-0.15, -0.1) is 0 Å². The number of pyridine rings is 1. The van der Waals surface area contributed by atoms with Gasteiger partial charge in [0.1, 0.15) is 12.4 Å². The van der Waals surface area contributed by atoms with Crippen LogP contribution >= 0.6 is 0 Å². The first kappa shape index (κ1) is 20.1. The van der Waals surface area contributed by atoms with E-state index in [-0.39, 0.29) is 24.9 Å². The maximum absolute atomic E-state index is 11.8. The second-order valence-corrected chi connectivity index (χ2v) is 5.68. The molecule has 0 bridgehead atoms. The van der Waals surface area contributed by atoms with Crippen molar-refractivity contribution < 1.29 is 26.5 Å². The van der Waals surface area contributed by atoms with E-state index >= 15 is 0 Å². The van der Waals surface area contributed by atoms with Crippen molar-refractivity contribution in [2.75, 3.05) is 0 Å². The lowest BCUT2D eigenvalue weighted by Gasteiger charge is -2.06. The highest BCUT2D eigenvalue weighted by Gasteiger charge is 2.06. The van der Waals surface area contributed by atoms with Crippen molar-refractivity contribution in [2.24, 2.45) is 5.10 Å². The Balaban J connectivity index is 0.00000261. The van der Waals surface area contributed by atoms with Gasteiger partial charge in [-0.1, -0.05) is 36.4 Å². The number of hydrogen-bond acceptors (Lipinski definition) is 3. The fourth-order valence-corrected chi connectivity index (χ4v) is 2.31. The molecule has 27 heavy (non-hydrogen) atoms. The van der Waals surface area contributed by atoms with Crippen LogP contribution in [0.1, 0.15) is 11.1 Å². The van der Waals surface area contributed by atoms with Crippen molar-refractivity contribution in [3.63, 3.8) is 0 Å². The molecule has 1 amide bonds. The van der Waals surface area contributed by atoms with Gasteiger partial charge in [0.25, 0.3) is 0 Å². The van der Waals surface area contributed by atoms with Crippen LogP contribution < -0.4 is 27.1 Å². The summed E-state index contributed by atoms with van der Waals surface area (Å²) in [5.74, 6) is 0.607. The minimum Gasteiger partial charge on any atom is -1.00 e. The molecule has 0 saturated heterocycles. The van der Waals surface area contributed by atoms with Gasteiger partial charge in [-0.2, -0.15) is 9.67 Å². The minimum atomic E-state index is -0.180. The van der Waals surface area contributed by atoms with E-state index in [1.807, 2.05) is 85.2 Å². The zero-order valence-electron chi connectivity index (χ0n) is 14.7. The number of nitrogens with zero attached hydrogens (tertiary/aromatic N) is 2. The first-order chi connectivity index (χ1) is 12.8. The van der Waals surface area contributed by atoms with Crippen LogP contribution in [0, 0.1) is 0 Å². The predicted molar refractivity (Wildman–Crippen MR) is 99.6 cm³/mol. The lowest BCUT2D eigenvalue weighted by Crippen LogP contribution is -3.00. The largest absolute Gasteiger partial charge is 1.00 e. The number of aromatic nitrogens is 1. The van der Waals surface area contributed by atoms with E-state index in [1.165, 1.54) is 0 Å². The van der Waals surface area contributed by atoms with Crippen LogP contribution in [0.3, 0.4) is 0 Å². The molecule has 0 atom stereocenters. The van der Waals surface area contributed by atoms with Gasteiger partial charge in [-0.05, 0) is 35.4 Å². The van der Waals surface area contributed by atoms with E-state index in [0.29, 0.717) is 6.61 Å². The Morgan fingerprint density at radius 2 is 1.63 bits per heavy atom. The Bertz CT molecular complexity index is 854.